The molecule has 0 spiro atoms. The van der Waals surface area contributed by atoms with Gasteiger partial charge in [0.25, 0.3) is 0 Å². The Labute approximate surface area is 242 Å². The van der Waals surface area contributed by atoms with Gasteiger partial charge in [-0.2, -0.15) is 26.3 Å². The number of rotatable bonds is 5. The van der Waals surface area contributed by atoms with E-state index in [1.807, 2.05) is 37.3 Å². The van der Waals surface area contributed by atoms with Crippen LogP contribution in [-0.2, 0) is 22.6 Å². The number of anilines is 2. The molecule has 4 rings (SSSR count). The Hall–Kier alpha value is -3.60. The Morgan fingerprint density at radius 2 is 1.38 bits per heavy atom. The highest BCUT2D eigenvalue weighted by Crippen LogP contribution is 2.41. The average Bonchev–Trinajstić information content (AvgIpc) is 2.91. The van der Waals surface area contributed by atoms with E-state index in [1.54, 1.807) is 6.20 Å². The number of aryl methyl sites for hydroxylation is 1. The van der Waals surface area contributed by atoms with E-state index < -0.39 is 40.4 Å². The first-order valence-corrected chi connectivity index (χ1v) is 13.5. The number of alkyl halides is 6. The highest BCUT2D eigenvalue weighted by Gasteiger charge is 2.41. The molecule has 5 nitrogen and oxygen atoms in total. The molecular formula is C31H35F6N4O+. The van der Waals surface area contributed by atoms with Gasteiger partial charge in [0.2, 0.25) is 5.91 Å². The minimum absolute atomic E-state index is 0.0628. The largest absolute Gasteiger partial charge is 0.416 e. The third-order valence-electron chi connectivity index (χ3n) is 8.09. The number of hydrogen-bond acceptors (Lipinski definition) is 3. The van der Waals surface area contributed by atoms with Crippen molar-refractivity contribution in [3.63, 3.8) is 0 Å². The lowest BCUT2D eigenvalue weighted by atomic mass is 9.81. The number of pyridine rings is 1. The zero-order chi connectivity index (χ0) is 31.3. The minimum atomic E-state index is -5.03. The topological polar surface area (TPSA) is 36.4 Å². The van der Waals surface area contributed by atoms with Gasteiger partial charge in [-0.25, -0.2) is 4.98 Å². The standard InChI is InChI=1S/C31H35F6N4O/c1-20-9-7-8-10-24(20)25-18-27(40-11-13-41(5,6)14-12-40)38-19-26(25)39(4)28(42)29(2,3)21-15-22(30(32,33)34)17-23(16-21)31(35,36)37/h7-10,15-19H,11-14H2,1-6H3/q+1. The van der Waals surface area contributed by atoms with Crippen molar-refractivity contribution in [2.45, 2.75) is 38.5 Å². The number of likely N-dealkylation sites (N-methyl/N-ethyl adjacent to an activating group) is 2. The summed E-state index contributed by atoms with van der Waals surface area (Å²) < 4.78 is 82.4. The van der Waals surface area contributed by atoms with Crippen LogP contribution in [0.3, 0.4) is 0 Å². The summed E-state index contributed by atoms with van der Waals surface area (Å²) in [4.78, 5) is 22.0. The first kappa shape index (κ1) is 31.3. The molecule has 2 heterocycles. The van der Waals surface area contributed by atoms with Crippen LogP contribution in [0.4, 0.5) is 37.8 Å². The number of benzene rings is 2. The first-order chi connectivity index (χ1) is 19.3. The fraction of sp³-hybridized carbons (Fsp3) is 0.419. The van der Waals surface area contributed by atoms with Crippen molar-refractivity contribution in [1.82, 2.24) is 4.98 Å². The molecule has 11 heteroatoms. The van der Waals surface area contributed by atoms with Crippen molar-refractivity contribution in [3.8, 4) is 11.1 Å². The summed E-state index contributed by atoms with van der Waals surface area (Å²) in [5.74, 6) is 0.0425. The molecule has 1 aliphatic rings. The maximum Gasteiger partial charge on any atom is 0.416 e. The average molecular weight is 594 g/mol. The monoisotopic (exact) mass is 593 g/mol. The molecule has 42 heavy (non-hydrogen) atoms. The minimum Gasteiger partial charge on any atom is -0.345 e. The van der Waals surface area contributed by atoms with Gasteiger partial charge in [0.15, 0.2) is 0 Å². The highest BCUT2D eigenvalue weighted by atomic mass is 19.4. The predicted octanol–water partition coefficient (Wildman–Crippen LogP) is 6.93. The second-order valence-corrected chi connectivity index (χ2v) is 12.0. The summed E-state index contributed by atoms with van der Waals surface area (Å²) in [5.41, 5.74) is -2.23. The van der Waals surface area contributed by atoms with Crippen molar-refractivity contribution in [2.75, 3.05) is 57.1 Å². The molecular weight excluding hydrogens is 558 g/mol. The number of amides is 1. The Kier molecular flexibility index (Phi) is 8.14. The van der Waals surface area contributed by atoms with Crippen LogP contribution in [0.25, 0.3) is 11.1 Å². The van der Waals surface area contributed by atoms with Gasteiger partial charge in [-0.1, -0.05) is 24.3 Å². The molecule has 0 aliphatic carbocycles. The number of hydrogen-bond donors (Lipinski definition) is 0. The maximum absolute atomic E-state index is 13.9. The summed E-state index contributed by atoms with van der Waals surface area (Å²) in [6, 6.07) is 10.8. The molecule has 0 unspecified atom stereocenters. The third kappa shape index (κ3) is 6.40. The number of aromatic nitrogens is 1. The molecule has 2 aromatic carbocycles. The van der Waals surface area contributed by atoms with Gasteiger partial charge in [-0.15, -0.1) is 0 Å². The number of carbonyl (C=O) groups excluding carboxylic acids is 1. The molecule has 1 amide bonds. The lowest BCUT2D eigenvalue weighted by molar-refractivity contribution is -0.890. The number of carbonyl (C=O) groups is 1. The van der Waals surface area contributed by atoms with Crippen LogP contribution < -0.4 is 9.80 Å². The molecule has 1 saturated heterocycles. The molecule has 0 saturated carbocycles. The number of halogens is 6. The quantitative estimate of drug-likeness (QED) is 0.238. The Balaban J connectivity index is 1.79. The van der Waals surface area contributed by atoms with Crippen molar-refractivity contribution >= 4 is 17.4 Å². The fourth-order valence-corrected chi connectivity index (χ4v) is 5.17. The molecule has 0 bridgehead atoms. The summed E-state index contributed by atoms with van der Waals surface area (Å²) in [6.07, 6.45) is -8.50. The molecule has 0 N–H and O–H groups in total. The van der Waals surface area contributed by atoms with Crippen LogP contribution in [0.1, 0.15) is 36.1 Å². The second-order valence-electron chi connectivity index (χ2n) is 12.0. The van der Waals surface area contributed by atoms with Gasteiger partial charge < -0.3 is 14.3 Å². The van der Waals surface area contributed by atoms with Gasteiger partial charge >= 0.3 is 12.4 Å². The second kappa shape index (κ2) is 10.9. The summed E-state index contributed by atoms with van der Waals surface area (Å²) in [5, 5.41) is 0. The number of quaternary nitrogens is 1. The molecule has 226 valence electrons. The molecule has 0 atom stereocenters. The lowest BCUT2D eigenvalue weighted by Gasteiger charge is -2.39. The molecule has 1 fully saturated rings. The fourth-order valence-electron chi connectivity index (χ4n) is 5.17. The van der Waals surface area contributed by atoms with Crippen LogP contribution >= 0.6 is 0 Å². The van der Waals surface area contributed by atoms with E-state index in [9.17, 15) is 31.1 Å². The van der Waals surface area contributed by atoms with E-state index >= 15 is 0 Å². The van der Waals surface area contributed by atoms with Crippen LogP contribution in [0.15, 0.2) is 54.7 Å². The van der Waals surface area contributed by atoms with Gasteiger partial charge in [0.1, 0.15) is 5.82 Å². The van der Waals surface area contributed by atoms with Gasteiger partial charge in [-0.3, -0.25) is 4.79 Å². The zero-order valence-electron chi connectivity index (χ0n) is 24.5. The van der Waals surface area contributed by atoms with Crippen LogP contribution in [0.5, 0.6) is 0 Å². The third-order valence-corrected chi connectivity index (χ3v) is 8.09. The van der Waals surface area contributed by atoms with Crippen LogP contribution in [0.2, 0.25) is 0 Å². The van der Waals surface area contributed by atoms with Crippen LogP contribution in [0, 0.1) is 6.92 Å². The van der Waals surface area contributed by atoms with Crippen molar-refractivity contribution in [1.29, 1.82) is 0 Å². The van der Waals surface area contributed by atoms with Crippen molar-refractivity contribution in [2.24, 2.45) is 0 Å². The summed E-state index contributed by atoms with van der Waals surface area (Å²) in [7, 11) is 5.79. The van der Waals surface area contributed by atoms with Crippen molar-refractivity contribution in [3.05, 3.63) is 77.0 Å². The van der Waals surface area contributed by atoms with E-state index in [2.05, 4.69) is 24.0 Å². The smallest absolute Gasteiger partial charge is 0.345 e. The summed E-state index contributed by atoms with van der Waals surface area (Å²) in [6.45, 7) is 7.98. The van der Waals surface area contributed by atoms with Gasteiger partial charge in [0.05, 0.1) is 68.7 Å². The maximum atomic E-state index is 13.9. The van der Waals surface area contributed by atoms with Crippen molar-refractivity contribution < 1.29 is 35.6 Å². The van der Waals surface area contributed by atoms with E-state index in [4.69, 9.17) is 0 Å². The van der Waals surface area contributed by atoms with Gasteiger partial charge in [0, 0.05) is 12.6 Å². The zero-order valence-corrected chi connectivity index (χ0v) is 24.5. The Morgan fingerprint density at radius 3 is 1.90 bits per heavy atom. The lowest BCUT2D eigenvalue weighted by Crippen LogP contribution is -2.55. The van der Waals surface area contributed by atoms with E-state index in [0.29, 0.717) is 23.4 Å². The Bertz CT molecular complexity index is 1440. The normalized spacial score (nSPS) is 16.0. The van der Waals surface area contributed by atoms with E-state index in [1.165, 1.54) is 25.8 Å². The highest BCUT2D eigenvalue weighted by molar-refractivity contribution is 6.03. The SMILES string of the molecule is Cc1ccccc1-c1cc(N2CC[N+](C)(C)CC2)ncc1N(C)C(=O)C(C)(C)c1cc(C(F)(F)F)cc(C(F)(F)F)c1. The van der Waals surface area contributed by atoms with Crippen LogP contribution in [-0.4, -0.2) is 62.7 Å². The van der Waals surface area contributed by atoms with Gasteiger partial charge in [-0.05, 0) is 61.7 Å². The Morgan fingerprint density at radius 1 is 0.857 bits per heavy atom. The molecule has 0 radical (unpaired) electrons. The molecule has 3 aromatic rings. The first-order valence-electron chi connectivity index (χ1n) is 13.5. The van der Waals surface area contributed by atoms with E-state index in [0.717, 1.165) is 47.6 Å². The molecule has 1 aromatic heterocycles. The predicted molar refractivity (Wildman–Crippen MR) is 151 cm³/mol. The summed E-state index contributed by atoms with van der Waals surface area (Å²) >= 11 is 0. The number of piperazine rings is 1. The molecule has 1 aliphatic heterocycles. The number of nitrogens with zero attached hydrogens (tertiary/aromatic N) is 4. The van der Waals surface area contributed by atoms with E-state index in [-0.39, 0.29) is 6.07 Å².